The van der Waals surface area contributed by atoms with Gasteiger partial charge in [-0.3, -0.25) is 10.1 Å². The Labute approximate surface area is 172 Å². The minimum atomic E-state index is -0.835. The minimum Gasteiger partial charge on any atom is -0.365 e. The van der Waals surface area contributed by atoms with E-state index in [9.17, 15) is 14.9 Å². The number of hydrogen-bond acceptors (Lipinski definition) is 4. The predicted octanol–water partition coefficient (Wildman–Crippen LogP) is 3.09. The van der Waals surface area contributed by atoms with Crippen molar-refractivity contribution in [1.82, 2.24) is 0 Å². The van der Waals surface area contributed by atoms with Crippen molar-refractivity contribution in [3.05, 3.63) is 110 Å². The second kappa shape index (κ2) is 13.9. The summed E-state index contributed by atoms with van der Waals surface area (Å²) >= 11 is 0. The van der Waals surface area contributed by atoms with Crippen molar-refractivity contribution in [3.63, 3.8) is 0 Å². The number of rotatable bonds is 8. The van der Waals surface area contributed by atoms with Crippen LogP contribution >= 0.6 is 0 Å². The average Bonchev–Trinajstić information content (AvgIpc) is 3.38. The second-order valence-electron chi connectivity index (χ2n) is 5.70. The Balaban J connectivity index is 0.000000526. The maximum atomic E-state index is 11.3. The van der Waals surface area contributed by atoms with E-state index >= 15 is 0 Å². The first-order valence-corrected chi connectivity index (χ1v) is 8.31. The monoisotopic (exact) mass is 407 g/mol. The first-order chi connectivity index (χ1) is 12.7. The van der Waals surface area contributed by atoms with Gasteiger partial charge in [0.1, 0.15) is 12.4 Å². The standard InChI is InChI=1S/C16H16NO4.C5H5.Fe/c18-11-16(21-12-13-6-2-1-3-7-13)15(10-17(19)20)14-8-4-5-9-14;1-2-4-5-3-1;/h1-9,11,15-16H,10,12H2;1-5H;/q;;+2/t15-,16+;;/m1../s1. The van der Waals surface area contributed by atoms with Crippen LogP contribution in [0.4, 0.5) is 0 Å². The fourth-order valence-corrected chi connectivity index (χ4v) is 2.53. The van der Waals surface area contributed by atoms with Gasteiger partial charge >= 0.3 is 17.1 Å². The van der Waals surface area contributed by atoms with E-state index in [0.29, 0.717) is 6.29 Å². The van der Waals surface area contributed by atoms with Crippen LogP contribution in [0.1, 0.15) is 5.56 Å². The molecule has 2 atom stereocenters. The molecule has 0 heterocycles. The van der Waals surface area contributed by atoms with Gasteiger partial charge in [-0.25, -0.2) is 0 Å². The molecular formula is C21H21FeNO4+2. The Bertz CT molecular complexity index is 523. The third-order valence-corrected chi connectivity index (χ3v) is 3.83. The molecule has 2 saturated carbocycles. The fourth-order valence-electron chi connectivity index (χ4n) is 2.53. The summed E-state index contributed by atoms with van der Waals surface area (Å²) in [4.78, 5) is 21.7. The number of ether oxygens (including phenoxy) is 1. The van der Waals surface area contributed by atoms with E-state index in [2.05, 4.69) is 0 Å². The molecule has 0 unspecified atom stereocenters. The van der Waals surface area contributed by atoms with Crippen molar-refractivity contribution in [3.8, 4) is 0 Å². The number of aldehydes is 1. The Hall–Kier alpha value is -1.23. The largest absolute Gasteiger partial charge is 2.00 e. The molecule has 2 aliphatic carbocycles. The summed E-state index contributed by atoms with van der Waals surface area (Å²) in [7, 11) is 0. The summed E-state index contributed by atoms with van der Waals surface area (Å²) < 4.78 is 5.59. The van der Waals surface area contributed by atoms with Crippen molar-refractivity contribution >= 4 is 6.29 Å². The van der Waals surface area contributed by atoms with Crippen LogP contribution in [0, 0.1) is 79.7 Å². The van der Waals surface area contributed by atoms with Gasteiger partial charge in [0.05, 0.1) is 12.5 Å². The van der Waals surface area contributed by atoms with Gasteiger partial charge in [0.2, 0.25) is 6.54 Å². The average molecular weight is 407 g/mol. The van der Waals surface area contributed by atoms with E-state index in [1.807, 2.05) is 62.4 Å². The fraction of sp³-hybridized carbons (Fsp3) is 0.190. The summed E-state index contributed by atoms with van der Waals surface area (Å²) in [5.41, 5.74) is 0.923. The number of carbonyl (C=O) groups is 1. The van der Waals surface area contributed by atoms with Gasteiger partial charge in [0, 0.05) is 4.92 Å². The molecule has 2 fully saturated rings. The van der Waals surface area contributed by atoms with E-state index in [4.69, 9.17) is 4.74 Å². The van der Waals surface area contributed by atoms with Crippen LogP contribution < -0.4 is 0 Å². The second-order valence-corrected chi connectivity index (χ2v) is 5.70. The zero-order chi connectivity index (χ0) is 18.6. The van der Waals surface area contributed by atoms with E-state index in [-0.39, 0.29) is 30.2 Å². The Morgan fingerprint density at radius 2 is 1.52 bits per heavy atom. The van der Waals surface area contributed by atoms with Gasteiger partial charge in [-0.2, -0.15) is 0 Å². The molecule has 27 heavy (non-hydrogen) atoms. The SMILES string of the molecule is O=C[C@H](OCc1ccccc1)[C@H](C[N+](=O)[O-])[C]1[CH][CH][CH][CH]1.[CH]1[CH][CH][CH][CH]1.[Fe+2]. The summed E-state index contributed by atoms with van der Waals surface area (Å²) in [5, 5.41) is 10.8. The van der Waals surface area contributed by atoms with Crippen molar-refractivity contribution in [2.45, 2.75) is 12.7 Å². The van der Waals surface area contributed by atoms with Crippen molar-refractivity contribution in [2.24, 2.45) is 5.92 Å². The molecule has 0 spiro atoms. The molecule has 0 bridgehead atoms. The zero-order valence-corrected chi connectivity index (χ0v) is 15.8. The third kappa shape index (κ3) is 9.00. The first kappa shape index (κ1) is 23.8. The summed E-state index contributed by atoms with van der Waals surface area (Å²) in [5.74, 6) is 0.174. The summed E-state index contributed by atoms with van der Waals surface area (Å²) in [6.45, 7) is -0.0820. The number of nitro groups is 1. The van der Waals surface area contributed by atoms with Gasteiger partial charge < -0.3 is 9.53 Å². The van der Waals surface area contributed by atoms with E-state index in [1.54, 1.807) is 25.7 Å². The molecular weight excluding hydrogens is 386 g/mol. The third-order valence-electron chi connectivity index (χ3n) is 3.83. The molecule has 140 valence electrons. The molecule has 0 N–H and O–H groups in total. The molecule has 5 nitrogen and oxygen atoms in total. The van der Waals surface area contributed by atoms with Crippen LogP contribution in [0.15, 0.2) is 30.3 Å². The van der Waals surface area contributed by atoms with Gasteiger partial charge in [-0.15, -0.1) is 0 Å². The number of nitrogens with zero attached hydrogens (tertiary/aromatic N) is 1. The Morgan fingerprint density at radius 3 is 2.00 bits per heavy atom. The van der Waals surface area contributed by atoms with E-state index in [1.165, 1.54) is 0 Å². The molecule has 0 aromatic heterocycles. The van der Waals surface area contributed by atoms with Crippen LogP contribution in [-0.2, 0) is 33.2 Å². The predicted molar refractivity (Wildman–Crippen MR) is 98.4 cm³/mol. The molecule has 10 radical (unpaired) electrons. The number of carbonyl (C=O) groups excluding carboxylic acids is 1. The van der Waals surface area contributed by atoms with Crippen molar-refractivity contribution < 1.29 is 31.5 Å². The van der Waals surface area contributed by atoms with Gasteiger partial charge in [-0.05, 0) is 69.3 Å². The maximum absolute atomic E-state index is 11.3. The van der Waals surface area contributed by atoms with Crippen LogP contribution in [0.5, 0.6) is 0 Å². The van der Waals surface area contributed by atoms with Crippen LogP contribution in [-0.4, -0.2) is 23.9 Å². The summed E-state index contributed by atoms with van der Waals surface area (Å²) in [6.07, 6.45) is 16.9. The molecule has 0 aliphatic heterocycles. The van der Waals surface area contributed by atoms with Crippen molar-refractivity contribution in [2.75, 3.05) is 6.54 Å². The number of hydrogen-bond donors (Lipinski definition) is 0. The van der Waals surface area contributed by atoms with Crippen LogP contribution in [0.2, 0.25) is 0 Å². The van der Waals surface area contributed by atoms with Crippen LogP contribution in [0.25, 0.3) is 0 Å². The van der Waals surface area contributed by atoms with Crippen molar-refractivity contribution in [1.29, 1.82) is 0 Å². The molecule has 6 heteroatoms. The molecule has 0 amide bonds. The summed E-state index contributed by atoms with van der Waals surface area (Å²) in [6, 6.07) is 9.40. The van der Waals surface area contributed by atoms with Crippen LogP contribution in [0.3, 0.4) is 0 Å². The van der Waals surface area contributed by atoms with Gasteiger partial charge in [0.15, 0.2) is 0 Å². The normalized spacial score (nSPS) is 18.7. The number of benzene rings is 1. The molecule has 3 rings (SSSR count). The zero-order valence-electron chi connectivity index (χ0n) is 14.7. The molecule has 1 aromatic rings. The molecule has 2 aliphatic rings. The topological polar surface area (TPSA) is 69.4 Å². The maximum Gasteiger partial charge on any atom is 2.00 e. The Kier molecular flexibility index (Phi) is 12.2. The quantitative estimate of drug-likeness (QED) is 0.288. The first-order valence-electron chi connectivity index (χ1n) is 8.31. The minimum absolute atomic E-state index is 0. The van der Waals surface area contributed by atoms with E-state index in [0.717, 1.165) is 11.5 Å². The Morgan fingerprint density at radius 1 is 0.963 bits per heavy atom. The van der Waals surface area contributed by atoms with Gasteiger partial charge in [-0.1, -0.05) is 30.3 Å². The van der Waals surface area contributed by atoms with E-state index < -0.39 is 16.9 Å². The molecule has 1 aromatic carbocycles. The molecule has 0 saturated heterocycles. The smallest absolute Gasteiger partial charge is 0.365 e. The van der Waals surface area contributed by atoms with Gasteiger partial charge in [0.25, 0.3) is 0 Å².